The minimum absolute atomic E-state index is 0.0422. The molecule has 6 nitrogen and oxygen atoms in total. The fourth-order valence-corrected chi connectivity index (χ4v) is 2.74. The second kappa shape index (κ2) is 6.27. The van der Waals surface area contributed by atoms with Crippen molar-refractivity contribution in [2.24, 2.45) is 0 Å². The van der Waals surface area contributed by atoms with Gasteiger partial charge in [-0.3, -0.25) is 14.3 Å². The fourth-order valence-electron chi connectivity index (χ4n) is 2.74. The molecule has 1 aliphatic rings. The minimum atomic E-state index is -0.0422. The zero-order chi connectivity index (χ0) is 15.5. The summed E-state index contributed by atoms with van der Waals surface area (Å²) in [5, 5.41) is 3.12. The third-order valence-electron chi connectivity index (χ3n) is 4.06. The Bertz CT molecular complexity index is 638. The number of nitrogens with one attached hydrogen (secondary N) is 1. The molecule has 0 aliphatic carbocycles. The summed E-state index contributed by atoms with van der Waals surface area (Å²) in [5.41, 5.74) is 0.627. The smallest absolute Gasteiger partial charge is 0.251 e. The lowest BCUT2D eigenvalue weighted by molar-refractivity contribution is 0.0936. The minimum Gasteiger partial charge on any atom is -0.348 e. The van der Waals surface area contributed by atoms with E-state index in [1.54, 1.807) is 35.4 Å². The normalized spacial score (nSPS) is 18.8. The molecule has 116 valence electrons. The van der Waals surface area contributed by atoms with Crippen molar-refractivity contribution in [3.63, 3.8) is 0 Å². The molecule has 6 heteroatoms. The molecule has 3 heterocycles. The van der Waals surface area contributed by atoms with E-state index < -0.39 is 0 Å². The molecule has 2 aromatic rings. The van der Waals surface area contributed by atoms with Crippen LogP contribution in [0.25, 0.3) is 5.82 Å². The van der Waals surface area contributed by atoms with Gasteiger partial charge in [-0.05, 0) is 32.4 Å². The molecular weight excluding hydrogens is 278 g/mol. The number of hydrogen-bond donors (Lipinski definition) is 1. The second-order valence-electron chi connectivity index (χ2n) is 5.92. The van der Waals surface area contributed by atoms with Crippen LogP contribution < -0.4 is 5.32 Å². The molecule has 1 aliphatic heterocycles. The number of pyridine rings is 1. The van der Waals surface area contributed by atoms with Crippen LogP contribution in [0.2, 0.25) is 0 Å². The van der Waals surface area contributed by atoms with Gasteiger partial charge in [-0.15, -0.1) is 0 Å². The number of imidazole rings is 1. The maximum Gasteiger partial charge on any atom is 0.251 e. The largest absolute Gasteiger partial charge is 0.348 e. The molecule has 2 aromatic heterocycles. The summed E-state index contributed by atoms with van der Waals surface area (Å²) >= 11 is 0. The molecular formula is C16H21N5O. The van der Waals surface area contributed by atoms with E-state index in [0.717, 1.165) is 19.5 Å². The summed E-state index contributed by atoms with van der Waals surface area (Å²) < 4.78 is 1.78. The predicted octanol–water partition coefficient (Wildman–Crippen LogP) is 1.48. The molecule has 1 fully saturated rings. The Balaban J connectivity index is 1.67. The van der Waals surface area contributed by atoms with Crippen molar-refractivity contribution in [1.29, 1.82) is 0 Å². The van der Waals surface area contributed by atoms with Crippen molar-refractivity contribution >= 4 is 5.91 Å². The van der Waals surface area contributed by atoms with E-state index in [2.05, 4.69) is 34.0 Å². The molecule has 22 heavy (non-hydrogen) atoms. The van der Waals surface area contributed by atoms with Crippen molar-refractivity contribution in [2.45, 2.75) is 32.4 Å². The number of carbonyl (C=O) groups is 1. The van der Waals surface area contributed by atoms with Crippen LogP contribution in [0.3, 0.4) is 0 Å². The lowest BCUT2D eigenvalue weighted by Gasteiger charge is -2.20. The van der Waals surface area contributed by atoms with Gasteiger partial charge >= 0.3 is 0 Å². The van der Waals surface area contributed by atoms with Gasteiger partial charge in [0, 0.05) is 49.3 Å². The van der Waals surface area contributed by atoms with Gasteiger partial charge < -0.3 is 5.32 Å². The van der Waals surface area contributed by atoms with Crippen LogP contribution in [0.4, 0.5) is 0 Å². The van der Waals surface area contributed by atoms with E-state index in [1.165, 1.54) is 0 Å². The summed E-state index contributed by atoms with van der Waals surface area (Å²) in [7, 11) is 0. The summed E-state index contributed by atoms with van der Waals surface area (Å²) in [6.45, 7) is 6.33. The maximum atomic E-state index is 12.4. The van der Waals surface area contributed by atoms with Gasteiger partial charge in [0.2, 0.25) is 0 Å². The predicted molar refractivity (Wildman–Crippen MR) is 83.9 cm³/mol. The van der Waals surface area contributed by atoms with Crippen LogP contribution in [0.1, 0.15) is 30.6 Å². The van der Waals surface area contributed by atoms with Crippen molar-refractivity contribution < 1.29 is 4.79 Å². The summed E-state index contributed by atoms with van der Waals surface area (Å²) in [5.74, 6) is 0.653. The molecule has 3 rings (SSSR count). The standard InChI is InChI=1S/C16H21N5O/c1-12(2)20-7-4-14(10-20)19-16(22)13-3-5-18-15(9-13)21-8-6-17-11-21/h3,5-6,8-9,11-12,14H,4,7,10H2,1-2H3,(H,19,22). The van der Waals surface area contributed by atoms with E-state index >= 15 is 0 Å². The van der Waals surface area contributed by atoms with E-state index in [0.29, 0.717) is 17.4 Å². The Labute approximate surface area is 130 Å². The van der Waals surface area contributed by atoms with Gasteiger partial charge in [0.05, 0.1) is 0 Å². The highest BCUT2D eigenvalue weighted by Crippen LogP contribution is 2.13. The monoisotopic (exact) mass is 299 g/mol. The summed E-state index contributed by atoms with van der Waals surface area (Å²) in [4.78, 5) is 23.1. The first-order valence-electron chi connectivity index (χ1n) is 7.63. The fraction of sp³-hybridized carbons (Fsp3) is 0.438. The molecule has 1 amide bonds. The van der Waals surface area contributed by atoms with Gasteiger partial charge in [-0.2, -0.15) is 0 Å². The van der Waals surface area contributed by atoms with Gasteiger partial charge in [-0.1, -0.05) is 0 Å². The molecule has 1 N–H and O–H groups in total. The Kier molecular flexibility index (Phi) is 4.20. The highest BCUT2D eigenvalue weighted by atomic mass is 16.1. The molecule has 0 saturated carbocycles. The van der Waals surface area contributed by atoms with Crippen LogP contribution in [0.15, 0.2) is 37.1 Å². The highest BCUT2D eigenvalue weighted by molar-refractivity contribution is 5.94. The Hall–Kier alpha value is -2.21. The number of carbonyl (C=O) groups excluding carboxylic acids is 1. The topological polar surface area (TPSA) is 63.1 Å². The van der Waals surface area contributed by atoms with E-state index in [1.807, 2.05) is 6.20 Å². The number of nitrogens with zero attached hydrogens (tertiary/aromatic N) is 4. The second-order valence-corrected chi connectivity index (χ2v) is 5.92. The molecule has 1 saturated heterocycles. The zero-order valence-electron chi connectivity index (χ0n) is 12.9. The van der Waals surface area contributed by atoms with Gasteiger partial charge in [0.15, 0.2) is 0 Å². The molecule has 0 spiro atoms. The lowest BCUT2D eigenvalue weighted by Crippen LogP contribution is -2.38. The molecule has 0 radical (unpaired) electrons. The number of hydrogen-bond acceptors (Lipinski definition) is 4. The Morgan fingerprint density at radius 1 is 1.41 bits per heavy atom. The summed E-state index contributed by atoms with van der Waals surface area (Å²) in [6, 6.07) is 4.27. The third-order valence-corrected chi connectivity index (χ3v) is 4.06. The van der Waals surface area contributed by atoms with Crippen molar-refractivity contribution in [3.05, 3.63) is 42.6 Å². The van der Waals surface area contributed by atoms with E-state index in [4.69, 9.17) is 0 Å². The average molecular weight is 299 g/mol. The maximum absolute atomic E-state index is 12.4. The Morgan fingerprint density at radius 3 is 2.95 bits per heavy atom. The number of rotatable bonds is 4. The SMILES string of the molecule is CC(C)N1CCC(NC(=O)c2ccnc(-n3ccnc3)c2)C1. The first-order chi connectivity index (χ1) is 10.6. The van der Waals surface area contributed by atoms with Crippen molar-refractivity contribution in [1.82, 2.24) is 24.8 Å². The van der Waals surface area contributed by atoms with Crippen molar-refractivity contribution in [3.8, 4) is 5.82 Å². The number of amides is 1. The van der Waals surface area contributed by atoms with Crippen LogP contribution in [-0.4, -0.2) is 50.5 Å². The first kappa shape index (κ1) is 14.7. The van der Waals surface area contributed by atoms with Gasteiger partial charge in [-0.25, -0.2) is 9.97 Å². The molecule has 1 atom stereocenters. The molecule has 0 bridgehead atoms. The van der Waals surface area contributed by atoms with Gasteiger partial charge in [0.25, 0.3) is 5.91 Å². The Morgan fingerprint density at radius 2 is 2.27 bits per heavy atom. The van der Waals surface area contributed by atoms with Crippen LogP contribution >= 0.6 is 0 Å². The quantitative estimate of drug-likeness (QED) is 0.929. The molecule has 0 aromatic carbocycles. The van der Waals surface area contributed by atoms with E-state index in [-0.39, 0.29) is 11.9 Å². The summed E-state index contributed by atoms with van der Waals surface area (Å²) in [6.07, 6.45) is 7.82. The highest BCUT2D eigenvalue weighted by Gasteiger charge is 2.25. The van der Waals surface area contributed by atoms with Gasteiger partial charge in [0.1, 0.15) is 12.1 Å². The third kappa shape index (κ3) is 3.17. The number of likely N-dealkylation sites (tertiary alicyclic amines) is 1. The number of aromatic nitrogens is 3. The first-order valence-corrected chi connectivity index (χ1v) is 7.63. The zero-order valence-corrected chi connectivity index (χ0v) is 12.9. The van der Waals surface area contributed by atoms with E-state index in [9.17, 15) is 4.79 Å². The lowest BCUT2D eigenvalue weighted by atomic mass is 10.2. The van der Waals surface area contributed by atoms with Crippen LogP contribution in [-0.2, 0) is 0 Å². The molecule has 1 unspecified atom stereocenters. The van der Waals surface area contributed by atoms with Crippen LogP contribution in [0, 0.1) is 0 Å². The average Bonchev–Trinajstić information content (AvgIpc) is 3.19. The van der Waals surface area contributed by atoms with Crippen molar-refractivity contribution in [2.75, 3.05) is 13.1 Å². The van der Waals surface area contributed by atoms with Crippen LogP contribution in [0.5, 0.6) is 0 Å².